The van der Waals surface area contributed by atoms with Crippen LogP contribution in [0, 0.1) is 11.6 Å². The maximum absolute atomic E-state index is 13.4. The number of halogens is 3. The Labute approximate surface area is 122 Å². The van der Waals surface area contributed by atoms with Gasteiger partial charge < -0.3 is 10.6 Å². The summed E-state index contributed by atoms with van der Waals surface area (Å²) in [5.74, 6) is -1.58. The van der Waals surface area contributed by atoms with Crippen LogP contribution in [0.25, 0.3) is 0 Å². The topological polar surface area (TPSA) is 41.1 Å². The summed E-state index contributed by atoms with van der Waals surface area (Å²) in [4.78, 5) is 11.7. The Morgan fingerprint density at radius 1 is 1.35 bits per heavy atom. The monoisotopic (exact) mass is 302 g/mol. The molecule has 1 aliphatic rings. The molecule has 0 fully saturated rings. The van der Waals surface area contributed by atoms with E-state index in [1.54, 1.807) is 0 Å². The van der Waals surface area contributed by atoms with Crippen LogP contribution in [0.2, 0.25) is 0 Å². The lowest BCUT2D eigenvalue weighted by Gasteiger charge is -2.14. The van der Waals surface area contributed by atoms with Crippen LogP contribution in [-0.2, 0) is 11.2 Å². The molecule has 0 unspecified atom stereocenters. The van der Waals surface area contributed by atoms with E-state index in [0.717, 1.165) is 31.6 Å². The fourth-order valence-corrected chi connectivity index (χ4v) is 1.94. The number of nitrogens with one attached hydrogen (secondary N) is 2. The minimum absolute atomic E-state index is 0. The highest BCUT2D eigenvalue weighted by molar-refractivity contribution is 5.85. The molecule has 110 valence electrons. The predicted molar refractivity (Wildman–Crippen MR) is 75.9 cm³/mol. The minimum Gasteiger partial charge on any atom is -0.352 e. The SMILES string of the molecule is Cl.O=C(Cc1ccc(F)cc1F)NCC1=CCNCC1. The average molecular weight is 303 g/mol. The second kappa shape index (κ2) is 7.97. The van der Waals surface area contributed by atoms with Gasteiger partial charge in [-0.1, -0.05) is 17.7 Å². The van der Waals surface area contributed by atoms with Gasteiger partial charge in [0.05, 0.1) is 6.42 Å². The van der Waals surface area contributed by atoms with Crippen molar-refractivity contribution >= 4 is 18.3 Å². The van der Waals surface area contributed by atoms with Crippen molar-refractivity contribution < 1.29 is 13.6 Å². The summed E-state index contributed by atoms with van der Waals surface area (Å²) in [6.07, 6.45) is 2.88. The van der Waals surface area contributed by atoms with E-state index in [0.29, 0.717) is 6.54 Å². The van der Waals surface area contributed by atoms with Crippen LogP contribution in [0.1, 0.15) is 12.0 Å². The van der Waals surface area contributed by atoms with Crippen molar-refractivity contribution in [1.82, 2.24) is 10.6 Å². The van der Waals surface area contributed by atoms with Gasteiger partial charge in [-0.15, -0.1) is 12.4 Å². The zero-order chi connectivity index (χ0) is 13.7. The number of rotatable bonds is 4. The Morgan fingerprint density at radius 2 is 2.15 bits per heavy atom. The highest BCUT2D eigenvalue weighted by atomic mass is 35.5. The smallest absolute Gasteiger partial charge is 0.224 e. The molecule has 1 heterocycles. The summed E-state index contributed by atoms with van der Waals surface area (Å²) in [7, 11) is 0. The maximum Gasteiger partial charge on any atom is 0.224 e. The summed E-state index contributed by atoms with van der Waals surface area (Å²) < 4.78 is 26.1. The van der Waals surface area contributed by atoms with Crippen molar-refractivity contribution in [3.63, 3.8) is 0 Å². The fraction of sp³-hybridized carbons (Fsp3) is 0.357. The summed E-state index contributed by atoms with van der Waals surface area (Å²) >= 11 is 0. The highest BCUT2D eigenvalue weighted by Crippen LogP contribution is 2.10. The van der Waals surface area contributed by atoms with E-state index in [2.05, 4.69) is 10.6 Å². The normalized spacial score (nSPS) is 14.2. The summed E-state index contributed by atoms with van der Waals surface area (Å²) in [5, 5.41) is 5.93. The minimum atomic E-state index is -0.684. The van der Waals surface area contributed by atoms with E-state index in [1.165, 1.54) is 11.6 Å². The van der Waals surface area contributed by atoms with Gasteiger partial charge in [0.2, 0.25) is 5.91 Å². The second-order valence-corrected chi connectivity index (χ2v) is 4.51. The molecule has 3 nitrogen and oxygen atoms in total. The molecule has 6 heteroatoms. The molecule has 1 aliphatic heterocycles. The molecule has 1 amide bonds. The fourth-order valence-electron chi connectivity index (χ4n) is 1.94. The first kappa shape index (κ1) is 16.6. The van der Waals surface area contributed by atoms with E-state index < -0.39 is 11.6 Å². The molecule has 0 radical (unpaired) electrons. The van der Waals surface area contributed by atoms with Crippen LogP contribution in [0.3, 0.4) is 0 Å². The lowest BCUT2D eigenvalue weighted by Crippen LogP contribution is -2.30. The van der Waals surface area contributed by atoms with Crippen molar-refractivity contribution in [2.45, 2.75) is 12.8 Å². The number of amides is 1. The third-order valence-electron chi connectivity index (χ3n) is 3.04. The van der Waals surface area contributed by atoms with Gasteiger partial charge in [-0.3, -0.25) is 4.79 Å². The van der Waals surface area contributed by atoms with Crippen LogP contribution in [0.15, 0.2) is 29.8 Å². The van der Waals surface area contributed by atoms with Crippen molar-refractivity contribution in [2.75, 3.05) is 19.6 Å². The number of hydrogen-bond acceptors (Lipinski definition) is 2. The van der Waals surface area contributed by atoms with Gasteiger partial charge in [-0.2, -0.15) is 0 Å². The number of benzene rings is 1. The highest BCUT2D eigenvalue weighted by Gasteiger charge is 2.10. The van der Waals surface area contributed by atoms with Crippen LogP contribution >= 0.6 is 12.4 Å². The first-order chi connectivity index (χ1) is 9.15. The number of carbonyl (C=O) groups excluding carboxylic acids is 1. The van der Waals surface area contributed by atoms with Gasteiger partial charge in [-0.25, -0.2) is 8.78 Å². The van der Waals surface area contributed by atoms with E-state index in [-0.39, 0.29) is 30.3 Å². The largest absolute Gasteiger partial charge is 0.352 e. The Bertz CT molecular complexity index is 506. The van der Waals surface area contributed by atoms with Gasteiger partial charge in [-0.05, 0) is 24.6 Å². The Hall–Kier alpha value is -1.46. The second-order valence-electron chi connectivity index (χ2n) is 4.51. The average Bonchev–Trinajstić information content (AvgIpc) is 2.41. The Kier molecular flexibility index (Phi) is 6.61. The van der Waals surface area contributed by atoms with Gasteiger partial charge in [0.15, 0.2) is 0 Å². The van der Waals surface area contributed by atoms with E-state index in [4.69, 9.17) is 0 Å². The quantitative estimate of drug-likeness (QED) is 0.835. The summed E-state index contributed by atoms with van der Waals surface area (Å²) in [6.45, 7) is 2.22. The van der Waals surface area contributed by atoms with Crippen molar-refractivity contribution in [1.29, 1.82) is 0 Å². The van der Waals surface area contributed by atoms with Crippen molar-refractivity contribution in [2.24, 2.45) is 0 Å². The first-order valence-corrected chi connectivity index (χ1v) is 6.24. The number of carbonyl (C=O) groups is 1. The molecule has 0 aliphatic carbocycles. The zero-order valence-electron chi connectivity index (χ0n) is 10.9. The molecule has 0 spiro atoms. The molecule has 0 atom stereocenters. The molecule has 2 rings (SSSR count). The molecule has 1 aromatic carbocycles. The van der Waals surface area contributed by atoms with E-state index in [9.17, 15) is 13.6 Å². The van der Waals surface area contributed by atoms with E-state index in [1.807, 2.05) is 6.08 Å². The molecule has 2 N–H and O–H groups in total. The standard InChI is InChI=1S/C14H16F2N2O.ClH/c15-12-2-1-11(13(16)8-12)7-14(19)18-9-10-3-5-17-6-4-10;/h1-3,8,17H,4-7,9H2,(H,18,19);1H. The molecular weight excluding hydrogens is 286 g/mol. The Morgan fingerprint density at radius 3 is 2.80 bits per heavy atom. The predicted octanol–water partition coefficient (Wildman–Crippen LogP) is 1.97. The molecule has 1 aromatic rings. The van der Waals surface area contributed by atoms with Crippen molar-refractivity contribution in [3.8, 4) is 0 Å². The van der Waals surface area contributed by atoms with Gasteiger partial charge >= 0.3 is 0 Å². The molecule has 0 saturated carbocycles. The van der Waals surface area contributed by atoms with Gasteiger partial charge in [0, 0.05) is 19.2 Å². The molecule has 0 bridgehead atoms. The zero-order valence-corrected chi connectivity index (χ0v) is 11.7. The third-order valence-corrected chi connectivity index (χ3v) is 3.04. The van der Waals surface area contributed by atoms with Gasteiger partial charge in [0.1, 0.15) is 11.6 Å². The molecule has 0 aromatic heterocycles. The summed E-state index contributed by atoms with van der Waals surface area (Å²) in [6, 6.07) is 3.24. The lowest BCUT2D eigenvalue weighted by atomic mass is 10.1. The van der Waals surface area contributed by atoms with Crippen LogP contribution in [0.4, 0.5) is 8.78 Å². The first-order valence-electron chi connectivity index (χ1n) is 6.24. The third kappa shape index (κ3) is 4.90. The van der Waals surface area contributed by atoms with E-state index >= 15 is 0 Å². The lowest BCUT2D eigenvalue weighted by molar-refractivity contribution is -0.120. The molecular formula is C14H17ClF2N2O. The Balaban J connectivity index is 0.00000200. The van der Waals surface area contributed by atoms with Crippen LogP contribution < -0.4 is 10.6 Å². The van der Waals surface area contributed by atoms with Crippen LogP contribution in [-0.4, -0.2) is 25.5 Å². The van der Waals surface area contributed by atoms with Gasteiger partial charge in [0.25, 0.3) is 0 Å². The van der Waals surface area contributed by atoms with Crippen LogP contribution in [0.5, 0.6) is 0 Å². The van der Waals surface area contributed by atoms with Crippen molar-refractivity contribution in [3.05, 3.63) is 47.0 Å². The summed E-state index contributed by atoms with van der Waals surface area (Å²) in [5.41, 5.74) is 1.38. The molecule has 0 saturated heterocycles. The molecule has 20 heavy (non-hydrogen) atoms. The maximum atomic E-state index is 13.4. The number of hydrogen-bond donors (Lipinski definition) is 2.